The minimum atomic E-state index is -0.513. The minimum absolute atomic E-state index is 0.513. The highest BCUT2D eigenvalue weighted by Crippen LogP contribution is 2.47. The molecule has 0 saturated carbocycles. The van der Waals surface area contributed by atoms with Gasteiger partial charge < -0.3 is 0 Å². The first kappa shape index (κ1) is 22.2. The Labute approximate surface area is 142 Å². The largest absolute Gasteiger partial charge is 0.0885 e. The van der Waals surface area contributed by atoms with Gasteiger partial charge in [0.05, 0.1) is 6.16 Å². The maximum Gasteiger partial charge on any atom is 0.0586 e. The number of rotatable bonds is 16. The van der Waals surface area contributed by atoms with Gasteiger partial charge >= 0.3 is 0 Å². The van der Waals surface area contributed by atoms with E-state index < -0.39 is 7.26 Å². The van der Waals surface area contributed by atoms with E-state index in [1.165, 1.54) is 96.1 Å². The fraction of sp³-hybridized carbons (Fsp3) is 0.905. The summed E-state index contributed by atoms with van der Waals surface area (Å²) in [6, 6.07) is 0. The van der Waals surface area contributed by atoms with E-state index in [0.717, 1.165) is 0 Å². The maximum absolute atomic E-state index is 2.46. The van der Waals surface area contributed by atoms with Crippen molar-refractivity contribution < 1.29 is 0 Å². The zero-order valence-corrected chi connectivity index (χ0v) is 17.1. The Morgan fingerprint density at radius 3 is 1.41 bits per heavy atom. The molecule has 0 bridgehead atoms. The van der Waals surface area contributed by atoms with E-state index in [1.807, 2.05) is 0 Å². The number of allylic oxidation sites excluding steroid dienone is 2. The Hall–Kier alpha value is 0.170. The molecule has 0 saturated heterocycles. The Morgan fingerprint density at radius 2 is 0.955 bits per heavy atom. The second kappa shape index (κ2) is 16.0. The topological polar surface area (TPSA) is 0 Å². The van der Waals surface area contributed by atoms with Crippen LogP contribution in [-0.2, 0) is 0 Å². The first-order valence-electron chi connectivity index (χ1n) is 10.0. The maximum atomic E-state index is 2.46. The van der Waals surface area contributed by atoms with Gasteiger partial charge in [-0.3, -0.25) is 0 Å². The highest BCUT2D eigenvalue weighted by atomic mass is 31.2. The number of hydrogen-bond acceptors (Lipinski definition) is 0. The van der Waals surface area contributed by atoms with Crippen LogP contribution in [0, 0.1) is 0 Å². The molecule has 0 aliphatic heterocycles. The predicted octanol–water partition coefficient (Wildman–Crippen LogP) is 7.93. The van der Waals surface area contributed by atoms with Gasteiger partial charge in [0.25, 0.3) is 0 Å². The Kier molecular flexibility index (Phi) is 16.2. The summed E-state index contributed by atoms with van der Waals surface area (Å²) in [5.74, 6) is 0. The van der Waals surface area contributed by atoms with E-state index in [2.05, 4.69) is 39.1 Å². The molecule has 0 aliphatic carbocycles. The van der Waals surface area contributed by atoms with Crippen LogP contribution in [0.1, 0.15) is 96.8 Å². The van der Waals surface area contributed by atoms with Gasteiger partial charge in [-0.05, 0) is 38.5 Å². The molecule has 0 radical (unpaired) electrons. The van der Waals surface area contributed by atoms with Crippen molar-refractivity contribution in [1.29, 1.82) is 0 Å². The van der Waals surface area contributed by atoms with Gasteiger partial charge in [0.2, 0.25) is 0 Å². The highest BCUT2D eigenvalue weighted by molar-refractivity contribution is 7.73. The zero-order chi connectivity index (χ0) is 16.5. The molecule has 0 amide bonds. The second-order valence-electron chi connectivity index (χ2n) is 7.95. The molecule has 132 valence electrons. The minimum Gasteiger partial charge on any atom is -0.0885 e. The molecule has 0 nitrogen and oxygen atoms in total. The van der Waals surface area contributed by atoms with Crippen molar-refractivity contribution in [3.05, 3.63) is 12.2 Å². The molecule has 0 aliphatic rings. The predicted molar refractivity (Wildman–Crippen MR) is 109 cm³/mol. The third kappa shape index (κ3) is 20.2. The van der Waals surface area contributed by atoms with Gasteiger partial charge in [0.1, 0.15) is 0 Å². The van der Waals surface area contributed by atoms with Gasteiger partial charge in [0, 0.05) is 27.3 Å². The van der Waals surface area contributed by atoms with Crippen LogP contribution in [0.5, 0.6) is 0 Å². The van der Waals surface area contributed by atoms with Crippen LogP contribution in [0.3, 0.4) is 0 Å². The summed E-state index contributed by atoms with van der Waals surface area (Å²) in [6.07, 6.45) is 26.1. The summed E-state index contributed by atoms with van der Waals surface area (Å²) in [5.41, 5.74) is 0. The molecule has 0 unspecified atom stereocenters. The summed E-state index contributed by atoms with van der Waals surface area (Å²) >= 11 is 0. The Bertz CT molecular complexity index is 237. The Balaban J connectivity index is 3.11. The molecule has 0 aromatic rings. The average molecular weight is 328 g/mol. The molecule has 22 heavy (non-hydrogen) atoms. The van der Waals surface area contributed by atoms with Gasteiger partial charge in [-0.15, -0.1) is 0 Å². The quantitative estimate of drug-likeness (QED) is 0.153. The molecule has 0 aromatic heterocycles. The van der Waals surface area contributed by atoms with Gasteiger partial charge in [0.15, 0.2) is 0 Å². The van der Waals surface area contributed by atoms with Gasteiger partial charge in [-0.1, -0.05) is 70.4 Å². The van der Waals surface area contributed by atoms with Gasteiger partial charge in [-0.25, -0.2) is 0 Å². The summed E-state index contributed by atoms with van der Waals surface area (Å²) in [6.45, 7) is 9.68. The fourth-order valence-electron chi connectivity index (χ4n) is 2.83. The molecule has 0 N–H and O–H groups in total. The van der Waals surface area contributed by atoms with E-state index in [-0.39, 0.29) is 0 Å². The van der Waals surface area contributed by atoms with E-state index in [0.29, 0.717) is 0 Å². The van der Waals surface area contributed by atoms with E-state index in [4.69, 9.17) is 0 Å². The molecule has 0 heterocycles. The van der Waals surface area contributed by atoms with Crippen molar-refractivity contribution in [2.45, 2.75) is 96.8 Å². The van der Waals surface area contributed by atoms with Crippen molar-refractivity contribution in [2.24, 2.45) is 0 Å². The smallest absolute Gasteiger partial charge is 0.0586 e. The van der Waals surface area contributed by atoms with Crippen molar-refractivity contribution in [1.82, 2.24) is 0 Å². The zero-order valence-electron chi connectivity index (χ0n) is 16.2. The molecule has 0 atom stereocenters. The summed E-state index contributed by atoms with van der Waals surface area (Å²) in [4.78, 5) is 0. The van der Waals surface area contributed by atoms with Crippen LogP contribution in [-0.4, -0.2) is 26.2 Å². The molecular formula is C21H44P+. The molecule has 0 rings (SSSR count). The fourth-order valence-corrected chi connectivity index (χ4v) is 4.01. The molecule has 0 spiro atoms. The van der Waals surface area contributed by atoms with Crippen LogP contribution < -0.4 is 0 Å². The SMILES string of the molecule is CCCCCCCCC=CCCCCCCCC[P+](C)(C)C. The third-order valence-corrected chi connectivity index (χ3v) is 6.00. The van der Waals surface area contributed by atoms with E-state index in [9.17, 15) is 0 Å². The lowest BCUT2D eigenvalue weighted by molar-refractivity contribution is 0.607. The highest BCUT2D eigenvalue weighted by Gasteiger charge is 2.15. The van der Waals surface area contributed by atoms with Crippen LogP contribution in [0.15, 0.2) is 12.2 Å². The lowest BCUT2D eigenvalue weighted by Gasteiger charge is -2.10. The molecule has 0 aromatic carbocycles. The van der Waals surface area contributed by atoms with Crippen molar-refractivity contribution in [2.75, 3.05) is 26.2 Å². The second-order valence-corrected chi connectivity index (χ2v) is 13.0. The molecule has 1 heteroatoms. The number of unbranched alkanes of at least 4 members (excludes halogenated alkanes) is 12. The summed E-state index contributed by atoms with van der Waals surface area (Å²) < 4.78 is 0. The van der Waals surface area contributed by atoms with E-state index >= 15 is 0 Å². The number of hydrogen-bond donors (Lipinski definition) is 0. The van der Waals surface area contributed by atoms with Crippen LogP contribution in [0.25, 0.3) is 0 Å². The lowest BCUT2D eigenvalue weighted by atomic mass is 10.1. The lowest BCUT2D eigenvalue weighted by Crippen LogP contribution is -1.92. The van der Waals surface area contributed by atoms with Crippen molar-refractivity contribution in [3.8, 4) is 0 Å². The van der Waals surface area contributed by atoms with Crippen molar-refractivity contribution >= 4 is 7.26 Å². The van der Waals surface area contributed by atoms with Crippen LogP contribution >= 0.6 is 7.26 Å². The third-order valence-electron chi connectivity index (χ3n) is 4.34. The van der Waals surface area contributed by atoms with Crippen LogP contribution in [0.4, 0.5) is 0 Å². The first-order valence-corrected chi connectivity index (χ1v) is 13.3. The van der Waals surface area contributed by atoms with Gasteiger partial charge in [-0.2, -0.15) is 0 Å². The van der Waals surface area contributed by atoms with Crippen LogP contribution in [0.2, 0.25) is 0 Å². The normalized spacial score (nSPS) is 12.4. The first-order chi connectivity index (χ1) is 10.6. The Morgan fingerprint density at radius 1 is 0.545 bits per heavy atom. The average Bonchev–Trinajstić information content (AvgIpc) is 2.45. The van der Waals surface area contributed by atoms with E-state index in [1.54, 1.807) is 0 Å². The summed E-state index contributed by atoms with van der Waals surface area (Å²) in [5, 5.41) is 0. The van der Waals surface area contributed by atoms with Crippen molar-refractivity contribution in [3.63, 3.8) is 0 Å². The standard InChI is InChI=1S/C21H44P/c1-5-6-7-8-9-10-11-12-13-14-15-16-17-18-19-20-21-22(2,3)4/h12-13H,5-11,14-21H2,1-4H3/q+1. The monoisotopic (exact) mass is 327 g/mol. The molecule has 0 fully saturated rings. The summed E-state index contributed by atoms with van der Waals surface area (Å²) in [7, 11) is -0.513. The molecular weight excluding hydrogens is 283 g/mol.